The van der Waals surface area contributed by atoms with Gasteiger partial charge in [0.05, 0.1) is 5.56 Å². The van der Waals surface area contributed by atoms with Crippen molar-refractivity contribution in [3.8, 4) is 0 Å². The van der Waals surface area contributed by atoms with E-state index in [0.717, 1.165) is 0 Å². The number of alkyl halides is 3. The summed E-state index contributed by atoms with van der Waals surface area (Å²) in [5, 5.41) is 0. The number of hydrogen-bond acceptors (Lipinski definition) is 1. The molecule has 1 aromatic rings. The van der Waals surface area contributed by atoms with E-state index in [4.69, 9.17) is 0 Å². The van der Waals surface area contributed by atoms with E-state index in [1.807, 2.05) is 6.92 Å². The molecule has 0 bridgehead atoms. The van der Waals surface area contributed by atoms with Crippen LogP contribution in [0.1, 0.15) is 18.1 Å². The van der Waals surface area contributed by atoms with Crippen molar-refractivity contribution in [3.05, 3.63) is 29.3 Å². The molecule has 0 nitrogen and oxygen atoms in total. The van der Waals surface area contributed by atoms with Gasteiger partial charge < -0.3 is 0 Å². The van der Waals surface area contributed by atoms with Crippen molar-refractivity contribution in [2.45, 2.75) is 24.9 Å². The molecular weight excluding hydrogens is 209 g/mol. The molecule has 0 saturated carbocycles. The van der Waals surface area contributed by atoms with Crippen molar-refractivity contribution < 1.29 is 13.2 Å². The molecule has 0 spiro atoms. The maximum Gasteiger partial charge on any atom is 0.417 e. The maximum absolute atomic E-state index is 12.6. The molecule has 0 fully saturated rings. The van der Waals surface area contributed by atoms with Crippen molar-refractivity contribution in [3.63, 3.8) is 0 Å². The lowest BCUT2D eigenvalue weighted by Crippen LogP contribution is -2.09. The van der Waals surface area contributed by atoms with Crippen LogP contribution in [0.15, 0.2) is 23.1 Å². The number of halogens is 3. The average molecular weight is 220 g/mol. The molecule has 78 valence electrons. The summed E-state index contributed by atoms with van der Waals surface area (Å²) in [6.07, 6.45) is -4.25. The molecule has 0 aliphatic heterocycles. The molecule has 0 heterocycles. The Hall–Kier alpha value is -0.640. The van der Waals surface area contributed by atoms with Gasteiger partial charge in [-0.3, -0.25) is 0 Å². The summed E-state index contributed by atoms with van der Waals surface area (Å²) in [5.41, 5.74) is -0.206. The van der Waals surface area contributed by atoms with E-state index in [0.29, 0.717) is 10.6 Å². The van der Waals surface area contributed by atoms with E-state index in [9.17, 15) is 13.2 Å². The van der Waals surface area contributed by atoms with Gasteiger partial charge >= 0.3 is 6.18 Å². The molecule has 0 saturated heterocycles. The second-order valence-electron chi connectivity index (χ2n) is 2.88. The Morgan fingerprint density at radius 1 is 1.29 bits per heavy atom. The molecular formula is C10H11F3S. The minimum atomic E-state index is -4.25. The monoisotopic (exact) mass is 220 g/mol. The molecule has 1 aromatic carbocycles. The summed E-state index contributed by atoms with van der Waals surface area (Å²) in [6.45, 7) is 3.33. The minimum Gasteiger partial charge on any atom is -0.166 e. The molecule has 0 amide bonds. The number of thioether (sulfide) groups is 1. The zero-order valence-corrected chi connectivity index (χ0v) is 8.80. The van der Waals surface area contributed by atoms with Crippen LogP contribution in [-0.4, -0.2) is 5.75 Å². The molecule has 0 aromatic heterocycles. The van der Waals surface area contributed by atoms with Crippen LogP contribution in [-0.2, 0) is 6.18 Å². The first kappa shape index (κ1) is 11.4. The van der Waals surface area contributed by atoms with E-state index in [-0.39, 0.29) is 5.56 Å². The molecule has 0 N–H and O–H groups in total. The summed E-state index contributed by atoms with van der Waals surface area (Å²) in [5.74, 6) is 0.645. The lowest BCUT2D eigenvalue weighted by atomic mass is 10.1. The Balaban J connectivity index is 3.22. The van der Waals surface area contributed by atoms with Gasteiger partial charge in [-0.1, -0.05) is 19.1 Å². The van der Waals surface area contributed by atoms with E-state index in [1.54, 1.807) is 6.07 Å². The maximum atomic E-state index is 12.6. The zero-order chi connectivity index (χ0) is 10.8. The van der Waals surface area contributed by atoms with Crippen LogP contribution in [0.5, 0.6) is 0 Å². The van der Waals surface area contributed by atoms with Gasteiger partial charge in [0.1, 0.15) is 0 Å². The Morgan fingerprint density at radius 3 is 2.43 bits per heavy atom. The van der Waals surface area contributed by atoms with E-state index in [1.165, 1.54) is 30.8 Å². The number of aryl methyl sites for hydroxylation is 1. The quantitative estimate of drug-likeness (QED) is 0.675. The highest BCUT2D eigenvalue weighted by atomic mass is 32.2. The number of rotatable bonds is 2. The summed E-state index contributed by atoms with van der Waals surface area (Å²) in [7, 11) is 0. The van der Waals surface area contributed by atoms with Gasteiger partial charge in [-0.25, -0.2) is 0 Å². The first-order valence-corrected chi connectivity index (χ1v) is 5.25. The third-order valence-electron chi connectivity index (χ3n) is 1.82. The second kappa shape index (κ2) is 4.26. The fourth-order valence-corrected chi connectivity index (χ4v) is 2.19. The van der Waals surface area contributed by atoms with Crippen LogP contribution < -0.4 is 0 Å². The summed E-state index contributed by atoms with van der Waals surface area (Å²) < 4.78 is 37.9. The van der Waals surface area contributed by atoms with Crippen LogP contribution >= 0.6 is 11.8 Å². The number of benzene rings is 1. The lowest BCUT2D eigenvalue weighted by Gasteiger charge is -2.14. The third-order valence-corrected chi connectivity index (χ3v) is 2.76. The normalized spacial score (nSPS) is 11.8. The molecule has 1 rings (SSSR count). The Kier molecular flexibility index (Phi) is 3.48. The standard InChI is InChI=1S/C10H11F3S/c1-3-14-8-6-4-5-7(2)9(8)10(11,12)13/h4-6H,3H2,1-2H3. The lowest BCUT2D eigenvalue weighted by molar-refractivity contribution is -0.140. The fraction of sp³-hybridized carbons (Fsp3) is 0.400. The van der Waals surface area contributed by atoms with Crippen molar-refractivity contribution in [2.75, 3.05) is 5.75 Å². The van der Waals surface area contributed by atoms with Gasteiger partial charge in [-0.05, 0) is 24.3 Å². The first-order chi connectivity index (χ1) is 6.46. The minimum absolute atomic E-state index is 0.288. The third kappa shape index (κ3) is 2.44. The molecule has 0 atom stereocenters. The molecule has 0 unspecified atom stereocenters. The van der Waals surface area contributed by atoms with Gasteiger partial charge in [-0.15, -0.1) is 11.8 Å². The Bertz CT molecular complexity index is 318. The highest BCUT2D eigenvalue weighted by Crippen LogP contribution is 2.38. The fourth-order valence-electron chi connectivity index (χ4n) is 1.28. The highest BCUT2D eigenvalue weighted by molar-refractivity contribution is 7.99. The number of hydrogen-bond donors (Lipinski definition) is 0. The Labute approximate surface area is 85.5 Å². The Morgan fingerprint density at radius 2 is 1.93 bits per heavy atom. The average Bonchev–Trinajstić information content (AvgIpc) is 2.02. The van der Waals surface area contributed by atoms with Crippen LogP contribution in [0.25, 0.3) is 0 Å². The van der Waals surface area contributed by atoms with E-state index in [2.05, 4.69) is 0 Å². The van der Waals surface area contributed by atoms with E-state index < -0.39 is 11.7 Å². The van der Waals surface area contributed by atoms with Gasteiger partial charge in [0, 0.05) is 4.90 Å². The van der Waals surface area contributed by atoms with Crippen LogP contribution in [0.2, 0.25) is 0 Å². The smallest absolute Gasteiger partial charge is 0.166 e. The molecule has 0 aliphatic carbocycles. The predicted octanol–water partition coefficient (Wildman–Crippen LogP) is 4.13. The molecule has 14 heavy (non-hydrogen) atoms. The van der Waals surface area contributed by atoms with Gasteiger partial charge in [0.2, 0.25) is 0 Å². The summed E-state index contributed by atoms with van der Waals surface area (Å²) >= 11 is 1.22. The topological polar surface area (TPSA) is 0 Å². The first-order valence-electron chi connectivity index (χ1n) is 4.26. The van der Waals surface area contributed by atoms with Crippen molar-refractivity contribution >= 4 is 11.8 Å². The van der Waals surface area contributed by atoms with Crippen molar-refractivity contribution in [1.29, 1.82) is 0 Å². The van der Waals surface area contributed by atoms with Gasteiger partial charge in [0.25, 0.3) is 0 Å². The van der Waals surface area contributed by atoms with Crippen molar-refractivity contribution in [2.24, 2.45) is 0 Å². The molecule has 4 heteroatoms. The summed E-state index contributed by atoms with van der Waals surface area (Å²) in [4.78, 5) is 0.319. The van der Waals surface area contributed by atoms with Crippen LogP contribution in [0.3, 0.4) is 0 Å². The largest absolute Gasteiger partial charge is 0.417 e. The SMILES string of the molecule is CCSc1cccc(C)c1C(F)(F)F. The van der Waals surface area contributed by atoms with Gasteiger partial charge in [0.15, 0.2) is 0 Å². The van der Waals surface area contributed by atoms with Crippen LogP contribution in [0, 0.1) is 6.92 Å². The van der Waals surface area contributed by atoms with Gasteiger partial charge in [-0.2, -0.15) is 13.2 Å². The molecule has 0 radical (unpaired) electrons. The van der Waals surface area contributed by atoms with Crippen LogP contribution in [0.4, 0.5) is 13.2 Å². The highest BCUT2D eigenvalue weighted by Gasteiger charge is 2.34. The molecule has 0 aliphatic rings. The predicted molar refractivity (Wildman–Crippen MR) is 52.6 cm³/mol. The second-order valence-corrected chi connectivity index (χ2v) is 4.18. The van der Waals surface area contributed by atoms with Crippen molar-refractivity contribution in [1.82, 2.24) is 0 Å². The zero-order valence-electron chi connectivity index (χ0n) is 7.98. The summed E-state index contributed by atoms with van der Waals surface area (Å²) in [6, 6.07) is 4.66. The van der Waals surface area contributed by atoms with E-state index >= 15 is 0 Å².